The van der Waals surface area contributed by atoms with Gasteiger partial charge in [-0.3, -0.25) is 9.69 Å². The number of rotatable bonds is 5. The summed E-state index contributed by atoms with van der Waals surface area (Å²) in [6.45, 7) is 3.85. The standard InChI is InChI=1S/C21H22ClN3OS/c22-20-11-18(17-7-1-2-8-19(17)24-20)21(26)23-12-15-5-3-9-25(13-15)14-16-6-4-10-27-16/h1-2,4,6-8,10-11,15H,3,5,9,12-14H2,(H,23,26). The fourth-order valence-corrected chi connectivity index (χ4v) is 4.69. The number of amides is 1. The summed E-state index contributed by atoms with van der Waals surface area (Å²) in [5.41, 5.74) is 1.34. The summed E-state index contributed by atoms with van der Waals surface area (Å²) >= 11 is 7.91. The molecule has 0 bridgehead atoms. The Morgan fingerprint density at radius 1 is 1.30 bits per heavy atom. The van der Waals surface area contributed by atoms with Gasteiger partial charge in [-0.15, -0.1) is 11.3 Å². The van der Waals surface area contributed by atoms with Gasteiger partial charge in [0.1, 0.15) is 5.15 Å². The Hall–Kier alpha value is -1.95. The smallest absolute Gasteiger partial charge is 0.252 e. The van der Waals surface area contributed by atoms with Gasteiger partial charge in [0.25, 0.3) is 5.91 Å². The van der Waals surface area contributed by atoms with E-state index in [0.717, 1.165) is 37.0 Å². The first-order valence-electron chi connectivity index (χ1n) is 9.27. The topological polar surface area (TPSA) is 45.2 Å². The lowest BCUT2D eigenvalue weighted by Crippen LogP contribution is -2.40. The molecule has 1 saturated heterocycles. The first kappa shape index (κ1) is 18.4. The van der Waals surface area contributed by atoms with Gasteiger partial charge in [-0.1, -0.05) is 35.9 Å². The molecule has 0 radical (unpaired) electrons. The zero-order chi connectivity index (χ0) is 18.6. The highest BCUT2D eigenvalue weighted by Crippen LogP contribution is 2.22. The lowest BCUT2D eigenvalue weighted by atomic mass is 9.97. The van der Waals surface area contributed by atoms with E-state index in [1.807, 2.05) is 24.3 Å². The molecule has 3 heterocycles. The van der Waals surface area contributed by atoms with Crippen molar-refractivity contribution in [1.29, 1.82) is 0 Å². The number of hydrogen-bond donors (Lipinski definition) is 1. The molecule has 0 aliphatic carbocycles. The molecule has 0 spiro atoms. The van der Waals surface area contributed by atoms with E-state index in [1.165, 1.54) is 11.3 Å². The van der Waals surface area contributed by atoms with Crippen molar-refractivity contribution in [3.63, 3.8) is 0 Å². The summed E-state index contributed by atoms with van der Waals surface area (Å²) in [6.07, 6.45) is 2.33. The van der Waals surface area contributed by atoms with Crippen molar-refractivity contribution in [2.24, 2.45) is 5.92 Å². The third kappa shape index (κ3) is 4.49. The molecule has 1 aromatic carbocycles. The van der Waals surface area contributed by atoms with Gasteiger partial charge in [-0.05, 0) is 48.9 Å². The minimum atomic E-state index is -0.0779. The van der Waals surface area contributed by atoms with Crippen LogP contribution in [-0.4, -0.2) is 35.4 Å². The van der Waals surface area contributed by atoms with Gasteiger partial charge >= 0.3 is 0 Å². The van der Waals surface area contributed by atoms with Crippen molar-refractivity contribution in [1.82, 2.24) is 15.2 Å². The molecule has 1 N–H and O–H groups in total. The van der Waals surface area contributed by atoms with Crippen molar-refractivity contribution < 1.29 is 4.79 Å². The molecule has 4 nitrogen and oxygen atoms in total. The maximum absolute atomic E-state index is 12.8. The van der Waals surface area contributed by atoms with Crippen LogP contribution in [0.5, 0.6) is 0 Å². The van der Waals surface area contributed by atoms with Crippen molar-refractivity contribution >= 4 is 39.7 Å². The Kier molecular flexibility index (Phi) is 5.72. The second-order valence-electron chi connectivity index (χ2n) is 7.04. The van der Waals surface area contributed by atoms with E-state index in [-0.39, 0.29) is 5.91 Å². The third-order valence-electron chi connectivity index (χ3n) is 5.04. The summed E-state index contributed by atoms with van der Waals surface area (Å²) < 4.78 is 0. The highest BCUT2D eigenvalue weighted by atomic mass is 35.5. The lowest BCUT2D eigenvalue weighted by molar-refractivity contribution is 0.0932. The van der Waals surface area contributed by atoms with Crippen LogP contribution in [0.1, 0.15) is 28.1 Å². The van der Waals surface area contributed by atoms with E-state index in [2.05, 4.69) is 32.7 Å². The van der Waals surface area contributed by atoms with Crippen LogP contribution >= 0.6 is 22.9 Å². The highest BCUT2D eigenvalue weighted by molar-refractivity contribution is 7.09. The van der Waals surface area contributed by atoms with Gasteiger partial charge in [0.2, 0.25) is 0 Å². The van der Waals surface area contributed by atoms with Gasteiger partial charge in [-0.25, -0.2) is 4.98 Å². The van der Waals surface area contributed by atoms with E-state index < -0.39 is 0 Å². The van der Waals surface area contributed by atoms with Crippen LogP contribution in [0.3, 0.4) is 0 Å². The van der Waals surface area contributed by atoms with Crippen LogP contribution in [0.4, 0.5) is 0 Å². The molecule has 1 amide bonds. The molecular weight excluding hydrogens is 378 g/mol. The summed E-state index contributed by atoms with van der Waals surface area (Å²) in [7, 11) is 0. The number of nitrogens with one attached hydrogen (secondary N) is 1. The third-order valence-corrected chi connectivity index (χ3v) is 6.10. The number of aromatic nitrogens is 1. The Morgan fingerprint density at radius 3 is 3.04 bits per heavy atom. The normalized spacial score (nSPS) is 17.9. The number of carbonyl (C=O) groups is 1. The van der Waals surface area contributed by atoms with Crippen LogP contribution in [0.25, 0.3) is 10.9 Å². The van der Waals surface area contributed by atoms with Crippen molar-refractivity contribution in [2.45, 2.75) is 19.4 Å². The van der Waals surface area contributed by atoms with Gasteiger partial charge in [0.15, 0.2) is 0 Å². The molecule has 1 aliphatic heterocycles. The minimum absolute atomic E-state index is 0.0779. The monoisotopic (exact) mass is 399 g/mol. The number of pyridine rings is 1. The minimum Gasteiger partial charge on any atom is -0.352 e. The number of benzene rings is 1. The fraction of sp³-hybridized carbons (Fsp3) is 0.333. The number of hydrogen-bond acceptors (Lipinski definition) is 4. The van der Waals surface area contributed by atoms with Gasteiger partial charge in [0, 0.05) is 29.9 Å². The predicted molar refractivity (Wildman–Crippen MR) is 111 cm³/mol. The average molecular weight is 400 g/mol. The quantitative estimate of drug-likeness (QED) is 0.638. The maximum Gasteiger partial charge on any atom is 0.252 e. The summed E-state index contributed by atoms with van der Waals surface area (Å²) in [6, 6.07) is 13.6. The largest absolute Gasteiger partial charge is 0.352 e. The molecule has 140 valence electrons. The summed E-state index contributed by atoms with van der Waals surface area (Å²) in [4.78, 5) is 21.0. The molecule has 1 fully saturated rings. The molecule has 1 aliphatic rings. The van der Waals surface area contributed by atoms with Crippen LogP contribution in [0.2, 0.25) is 5.15 Å². The number of halogens is 1. The molecule has 0 saturated carbocycles. The second kappa shape index (κ2) is 8.38. The van der Waals surface area contributed by atoms with Crippen molar-refractivity contribution in [3.05, 3.63) is 63.4 Å². The Morgan fingerprint density at radius 2 is 2.19 bits per heavy atom. The van der Waals surface area contributed by atoms with Crippen molar-refractivity contribution in [2.75, 3.05) is 19.6 Å². The number of nitrogens with zero attached hydrogens (tertiary/aromatic N) is 2. The van der Waals surface area contributed by atoms with Gasteiger partial charge < -0.3 is 5.32 Å². The number of likely N-dealkylation sites (tertiary alicyclic amines) is 1. The SMILES string of the molecule is O=C(NCC1CCCN(Cc2cccs2)C1)c1cc(Cl)nc2ccccc12. The number of piperidine rings is 1. The number of carbonyl (C=O) groups excluding carboxylic acids is 1. The van der Waals surface area contributed by atoms with E-state index in [1.54, 1.807) is 17.4 Å². The zero-order valence-corrected chi connectivity index (χ0v) is 16.6. The molecule has 3 aromatic rings. The zero-order valence-electron chi connectivity index (χ0n) is 15.0. The summed E-state index contributed by atoms with van der Waals surface area (Å²) in [5.74, 6) is 0.400. The van der Waals surface area contributed by atoms with Gasteiger partial charge in [-0.2, -0.15) is 0 Å². The van der Waals surface area contributed by atoms with Crippen LogP contribution < -0.4 is 5.32 Å². The molecule has 6 heteroatoms. The first-order chi connectivity index (χ1) is 13.2. The average Bonchev–Trinajstić information content (AvgIpc) is 3.18. The Balaban J connectivity index is 1.39. The Labute approximate surface area is 168 Å². The van der Waals surface area contributed by atoms with E-state index in [4.69, 9.17) is 11.6 Å². The molecule has 1 atom stereocenters. The molecule has 1 unspecified atom stereocenters. The van der Waals surface area contributed by atoms with E-state index >= 15 is 0 Å². The molecular formula is C21H22ClN3OS. The second-order valence-corrected chi connectivity index (χ2v) is 8.46. The van der Waals surface area contributed by atoms with Crippen molar-refractivity contribution in [3.8, 4) is 0 Å². The predicted octanol–water partition coefficient (Wildman–Crippen LogP) is 4.59. The van der Waals surface area contributed by atoms with E-state index in [9.17, 15) is 4.79 Å². The van der Waals surface area contributed by atoms with Gasteiger partial charge in [0.05, 0.1) is 11.1 Å². The summed E-state index contributed by atoms with van der Waals surface area (Å²) in [5, 5.41) is 6.43. The molecule has 4 rings (SSSR count). The Bertz CT molecular complexity index is 928. The van der Waals surface area contributed by atoms with Crippen LogP contribution in [0, 0.1) is 5.92 Å². The first-order valence-corrected chi connectivity index (χ1v) is 10.5. The molecule has 2 aromatic heterocycles. The molecule has 27 heavy (non-hydrogen) atoms. The number of para-hydroxylation sites is 1. The van der Waals surface area contributed by atoms with Crippen LogP contribution in [0.15, 0.2) is 47.8 Å². The van der Waals surface area contributed by atoms with Crippen LogP contribution in [-0.2, 0) is 6.54 Å². The van der Waals surface area contributed by atoms with E-state index in [0.29, 0.717) is 23.2 Å². The highest BCUT2D eigenvalue weighted by Gasteiger charge is 2.21. The fourth-order valence-electron chi connectivity index (χ4n) is 3.75. The lowest BCUT2D eigenvalue weighted by Gasteiger charge is -2.32. The maximum atomic E-state index is 12.8. The number of thiophene rings is 1. The number of fused-ring (bicyclic) bond motifs is 1.